The van der Waals surface area contributed by atoms with Crippen molar-refractivity contribution < 1.29 is 61.6 Å². The third kappa shape index (κ3) is 46.0. The van der Waals surface area contributed by atoms with Gasteiger partial charge in [0.2, 0.25) is 0 Å². The summed E-state index contributed by atoms with van der Waals surface area (Å²) in [5, 5.41) is 0.838. The Balaban J connectivity index is 3.03. The molecule has 0 N–H and O–H groups in total. The van der Waals surface area contributed by atoms with Crippen LogP contribution in [0.3, 0.4) is 0 Å². The lowest BCUT2D eigenvalue weighted by Crippen LogP contribution is -2.15. The van der Waals surface area contributed by atoms with E-state index in [0.717, 1.165) is 18.4 Å². The molecule has 0 fully saturated rings. The number of unbranched alkanes of at least 4 members (excludes halogenated alkanes) is 4. The molecule has 0 spiro atoms. The van der Waals surface area contributed by atoms with Gasteiger partial charge < -0.3 is 61.6 Å². The van der Waals surface area contributed by atoms with E-state index in [1.165, 1.54) is 25.7 Å². The molecule has 47 heavy (non-hydrogen) atoms. The van der Waals surface area contributed by atoms with Gasteiger partial charge in [-0.25, -0.2) is 0 Å². The first kappa shape index (κ1) is 47.0. The summed E-state index contributed by atoms with van der Waals surface area (Å²) < 4.78 is 71.1. The number of rotatable bonds is 44. The summed E-state index contributed by atoms with van der Waals surface area (Å²) in [4.78, 5) is 0. The van der Waals surface area contributed by atoms with Crippen molar-refractivity contribution in [3.8, 4) is 0 Å². The zero-order valence-corrected chi connectivity index (χ0v) is 30.9. The Bertz CT molecular complexity index is 497. The predicted molar refractivity (Wildman–Crippen MR) is 183 cm³/mol. The van der Waals surface area contributed by atoms with Crippen LogP contribution in [0.2, 0.25) is 0 Å². The van der Waals surface area contributed by atoms with E-state index in [-0.39, 0.29) is 0 Å². The fourth-order valence-corrected chi connectivity index (χ4v) is 3.83. The highest BCUT2D eigenvalue weighted by Gasteiger charge is 1.97. The van der Waals surface area contributed by atoms with E-state index >= 15 is 0 Å². The molecule has 14 heteroatoms. The van der Waals surface area contributed by atoms with Crippen LogP contribution in [0.1, 0.15) is 39.0 Å². The van der Waals surface area contributed by atoms with E-state index in [1.807, 2.05) is 0 Å². The van der Waals surface area contributed by atoms with Gasteiger partial charge >= 0.3 is 0 Å². The first-order valence-electron chi connectivity index (χ1n) is 17.5. The number of hydrogen-bond acceptors (Lipinski definition) is 13. The van der Waals surface area contributed by atoms with Crippen LogP contribution in [0, 0.1) is 0 Å². The molecule has 0 saturated carbocycles. The molecule has 0 aromatic heterocycles. The molecule has 0 heterocycles. The molecule has 0 radical (unpaired) electrons. The fourth-order valence-electron chi connectivity index (χ4n) is 3.60. The molecule has 0 aliphatic rings. The van der Waals surface area contributed by atoms with Crippen LogP contribution in [0.15, 0.2) is 0 Å². The van der Waals surface area contributed by atoms with Gasteiger partial charge in [0.1, 0.15) is 0 Å². The minimum Gasteiger partial charge on any atom is -0.379 e. The minimum atomic E-state index is 0.515. The molecule has 0 bridgehead atoms. The zero-order valence-electron chi connectivity index (χ0n) is 29.3. The molecule has 0 unspecified atom stereocenters. The fraction of sp³-hybridized carbons (Fsp3) is 1.00. The predicted octanol–water partition coefficient (Wildman–Crippen LogP) is 3.57. The van der Waals surface area contributed by atoms with Gasteiger partial charge in [0.05, 0.1) is 165 Å². The van der Waals surface area contributed by atoms with Crippen molar-refractivity contribution in [3.63, 3.8) is 0 Å². The summed E-state index contributed by atoms with van der Waals surface area (Å²) >= 11 is 3.30. The van der Waals surface area contributed by atoms with E-state index in [9.17, 15) is 0 Å². The van der Waals surface area contributed by atoms with Crippen LogP contribution < -0.4 is 0 Å². The van der Waals surface area contributed by atoms with Crippen molar-refractivity contribution in [1.82, 2.24) is 0 Å². The molecule has 0 aromatic carbocycles. The lowest BCUT2D eigenvalue weighted by Gasteiger charge is -2.09. The highest BCUT2D eigenvalue weighted by molar-refractivity contribution is 9.09. The van der Waals surface area contributed by atoms with Gasteiger partial charge in [-0.15, -0.1) is 0 Å². The van der Waals surface area contributed by atoms with Gasteiger partial charge in [0.15, 0.2) is 0 Å². The van der Waals surface area contributed by atoms with Crippen molar-refractivity contribution >= 4 is 15.9 Å². The maximum atomic E-state index is 5.56. The first-order valence-corrected chi connectivity index (χ1v) is 18.6. The molecule has 0 rings (SSSR count). The number of ether oxygens (including phenoxy) is 13. The lowest BCUT2D eigenvalue weighted by atomic mass is 10.2. The number of alkyl halides is 1. The topological polar surface area (TPSA) is 120 Å². The van der Waals surface area contributed by atoms with Crippen molar-refractivity contribution in [2.45, 2.75) is 39.0 Å². The molecule has 0 aromatic rings. The van der Waals surface area contributed by atoms with Gasteiger partial charge in [0, 0.05) is 11.9 Å². The molecule has 0 atom stereocenters. The molecule has 0 aliphatic heterocycles. The van der Waals surface area contributed by atoms with Crippen LogP contribution in [0.25, 0.3) is 0 Å². The average Bonchev–Trinajstić information content (AvgIpc) is 3.08. The van der Waals surface area contributed by atoms with Crippen LogP contribution in [0.5, 0.6) is 0 Å². The van der Waals surface area contributed by atoms with Gasteiger partial charge in [-0.05, 0) is 6.42 Å². The molecule has 284 valence electrons. The largest absolute Gasteiger partial charge is 0.379 e. The van der Waals surface area contributed by atoms with Crippen molar-refractivity contribution in [2.75, 3.05) is 177 Å². The van der Waals surface area contributed by atoms with Gasteiger partial charge in [-0.1, -0.05) is 48.5 Å². The second kappa shape index (κ2) is 46.0. The molecular weight excluding hydrogens is 684 g/mol. The maximum Gasteiger partial charge on any atom is 0.0701 e. The highest BCUT2D eigenvalue weighted by Crippen LogP contribution is 2.02. The molecular formula is C33H67BrO13. The van der Waals surface area contributed by atoms with E-state index in [1.54, 1.807) is 0 Å². The van der Waals surface area contributed by atoms with Crippen molar-refractivity contribution in [2.24, 2.45) is 0 Å². The quantitative estimate of drug-likeness (QED) is 0.0668. The first-order chi connectivity index (χ1) is 23.4. The molecule has 0 amide bonds. The van der Waals surface area contributed by atoms with E-state index in [4.69, 9.17) is 61.6 Å². The summed E-state index contributed by atoms with van der Waals surface area (Å²) in [5.74, 6) is 0. The van der Waals surface area contributed by atoms with Crippen LogP contribution in [-0.2, 0) is 61.6 Å². The Hall–Kier alpha value is -0.0400. The average molecular weight is 752 g/mol. The summed E-state index contributed by atoms with van der Waals surface area (Å²) in [6.45, 7) is 16.8. The third-order valence-corrected chi connectivity index (χ3v) is 6.40. The van der Waals surface area contributed by atoms with Gasteiger partial charge in [-0.3, -0.25) is 0 Å². The van der Waals surface area contributed by atoms with E-state index in [0.29, 0.717) is 165 Å². The molecule has 0 saturated heterocycles. The Morgan fingerprint density at radius 2 is 0.426 bits per heavy atom. The minimum absolute atomic E-state index is 0.515. The second-order valence-corrected chi connectivity index (χ2v) is 10.9. The van der Waals surface area contributed by atoms with Gasteiger partial charge in [-0.2, -0.15) is 0 Å². The SMILES string of the molecule is CCCCCCCOCCOCCOCCOCCOCCOCCOCCOCCOCCOCCOCCOCCOCCBr. The lowest BCUT2D eigenvalue weighted by molar-refractivity contribution is -0.0289. The standard InChI is InChI=1S/C33H67BrO13/c1-2-3-4-5-6-8-35-10-12-37-14-16-39-18-20-41-22-24-43-26-28-45-30-32-47-33-31-46-29-27-44-25-23-42-21-19-40-17-15-38-13-11-36-9-7-34/h2-33H2,1H3. The third-order valence-electron chi connectivity index (χ3n) is 6.08. The van der Waals surface area contributed by atoms with E-state index in [2.05, 4.69) is 22.9 Å². The summed E-state index contributed by atoms with van der Waals surface area (Å²) in [5.41, 5.74) is 0. The van der Waals surface area contributed by atoms with Crippen LogP contribution in [-0.4, -0.2) is 177 Å². The van der Waals surface area contributed by atoms with Crippen molar-refractivity contribution in [1.29, 1.82) is 0 Å². The van der Waals surface area contributed by atoms with Crippen molar-refractivity contribution in [3.05, 3.63) is 0 Å². The second-order valence-electron chi connectivity index (χ2n) is 10.1. The Morgan fingerprint density at radius 1 is 0.234 bits per heavy atom. The molecule has 0 aliphatic carbocycles. The summed E-state index contributed by atoms with van der Waals surface area (Å²) in [6.07, 6.45) is 6.28. The summed E-state index contributed by atoms with van der Waals surface area (Å²) in [6, 6.07) is 0. The summed E-state index contributed by atoms with van der Waals surface area (Å²) in [7, 11) is 0. The Kier molecular flexibility index (Phi) is 45.9. The van der Waals surface area contributed by atoms with Crippen LogP contribution >= 0.6 is 15.9 Å². The van der Waals surface area contributed by atoms with Gasteiger partial charge in [0.25, 0.3) is 0 Å². The Labute approximate surface area is 293 Å². The smallest absolute Gasteiger partial charge is 0.0701 e. The van der Waals surface area contributed by atoms with E-state index < -0.39 is 0 Å². The maximum absolute atomic E-state index is 5.56. The van der Waals surface area contributed by atoms with Crippen LogP contribution in [0.4, 0.5) is 0 Å². The molecule has 13 nitrogen and oxygen atoms in total. The number of halogens is 1. The Morgan fingerprint density at radius 3 is 0.638 bits per heavy atom. The highest BCUT2D eigenvalue weighted by atomic mass is 79.9. The normalized spacial score (nSPS) is 11.6. The number of hydrogen-bond donors (Lipinski definition) is 0. The zero-order chi connectivity index (χ0) is 33.8. The monoisotopic (exact) mass is 750 g/mol.